The lowest BCUT2D eigenvalue weighted by molar-refractivity contribution is -0.125. The highest BCUT2D eigenvalue weighted by Gasteiger charge is 2.34. The number of carbonyl (C=O) groups excluding carboxylic acids is 2. The summed E-state index contributed by atoms with van der Waals surface area (Å²) in [4.78, 5) is 26.8. The first-order chi connectivity index (χ1) is 13.1. The van der Waals surface area contributed by atoms with Crippen molar-refractivity contribution < 1.29 is 14.3 Å². The zero-order chi connectivity index (χ0) is 18.8. The maximum Gasteiger partial charge on any atom is 0.267 e. The summed E-state index contributed by atoms with van der Waals surface area (Å²) < 4.78 is 5.65. The number of anilines is 1. The lowest BCUT2D eigenvalue weighted by Gasteiger charge is -2.33. The van der Waals surface area contributed by atoms with Gasteiger partial charge in [0.05, 0.1) is 11.7 Å². The van der Waals surface area contributed by atoms with Gasteiger partial charge in [-0.05, 0) is 43.4 Å². The Morgan fingerprint density at radius 1 is 1.15 bits per heavy atom. The van der Waals surface area contributed by atoms with Gasteiger partial charge in [-0.1, -0.05) is 42.5 Å². The highest BCUT2D eigenvalue weighted by atomic mass is 16.5. The van der Waals surface area contributed by atoms with Gasteiger partial charge in [-0.25, -0.2) is 0 Å². The topological polar surface area (TPSA) is 58.6 Å². The largest absolute Gasteiger partial charge is 0.479 e. The summed E-state index contributed by atoms with van der Waals surface area (Å²) in [6, 6.07) is 17.6. The maximum atomic E-state index is 12.6. The minimum Gasteiger partial charge on any atom is -0.479 e. The number of hydrogen-bond donors (Lipinski definition) is 1. The summed E-state index contributed by atoms with van der Waals surface area (Å²) in [6.45, 7) is 2.09. The number of ether oxygens (including phenoxy) is 1. The van der Waals surface area contributed by atoms with Crippen molar-refractivity contribution in [3.05, 3.63) is 60.2 Å². The normalized spacial score (nSPS) is 19.8. The molecule has 2 atom stereocenters. The van der Waals surface area contributed by atoms with E-state index in [9.17, 15) is 9.59 Å². The molecule has 140 valence electrons. The molecule has 27 heavy (non-hydrogen) atoms. The molecule has 2 aliphatic rings. The van der Waals surface area contributed by atoms with Crippen LogP contribution in [0.2, 0.25) is 0 Å². The quantitative estimate of drug-likeness (QED) is 0.854. The number of rotatable bonds is 6. The standard InChI is InChI=1S/C22H24N2O3/c1-15-22(26)24(18-9-5-6-10-19(18)27-15)14-13-20(25)23-21(17-11-12-17)16-7-3-2-4-8-16/h2-10,15,17,21H,11-14H2,1H3,(H,23,25). The Kier molecular flexibility index (Phi) is 4.84. The molecule has 1 aliphatic heterocycles. The van der Waals surface area contributed by atoms with Crippen molar-refractivity contribution in [3.8, 4) is 5.75 Å². The van der Waals surface area contributed by atoms with Crippen molar-refractivity contribution in [2.45, 2.75) is 38.3 Å². The Balaban J connectivity index is 1.42. The van der Waals surface area contributed by atoms with Crippen LogP contribution < -0.4 is 15.0 Å². The van der Waals surface area contributed by atoms with Gasteiger partial charge in [-0.3, -0.25) is 9.59 Å². The number of amides is 2. The van der Waals surface area contributed by atoms with E-state index in [0.29, 0.717) is 18.2 Å². The van der Waals surface area contributed by atoms with Crippen LogP contribution in [0.4, 0.5) is 5.69 Å². The molecule has 1 aliphatic carbocycles. The van der Waals surface area contributed by atoms with Crippen molar-refractivity contribution in [2.24, 2.45) is 5.92 Å². The number of fused-ring (bicyclic) bond motifs is 1. The smallest absolute Gasteiger partial charge is 0.267 e. The first kappa shape index (κ1) is 17.6. The molecule has 1 fully saturated rings. The van der Waals surface area contributed by atoms with Crippen molar-refractivity contribution in [1.82, 2.24) is 5.32 Å². The van der Waals surface area contributed by atoms with Crippen LogP contribution in [0, 0.1) is 5.92 Å². The van der Waals surface area contributed by atoms with Crippen molar-refractivity contribution in [2.75, 3.05) is 11.4 Å². The molecule has 0 aromatic heterocycles. The first-order valence-corrected chi connectivity index (χ1v) is 9.55. The molecule has 0 bridgehead atoms. The van der Waals surface area contributed by atoms with E-state index in [1.807, 2.05) is 42.5 Å². The average Bonchev–Trinajstić information content (AvgIpc) is 3.52. The molecule has 0 spiro atoms. The lowest BCUT2D eigenvalue weighted by Crippen LogP contribution is -2.46. The second kappa shape index (κ2) is 7.43. The molecule has 0 radical (unpaired) electrons. The van der Waals surface area contributed by atoms with Crippen LogP contribution >= 0.6 is 0 Å². The molecule has 1 N–H and O–H groups in total. The molecule has 1 saturated carbocycles. The van der Waals surface area contributed by atoms with Gasteiger partial charge >= 0.3 is 0 Å². The number of nitrogens with zero attached hydrogens (tertiary/aromatic N) is 1. The Labute approximate surface area is 159 Å². The molecular weight excluding hydrogens is 340 g/mol. The van der Waals surface area contributed by atoms with E-state index in [1.165, 1.54) is 0 Å². The van der Waals surface area contributed by atoms with Crippen LogP contribution in [-0.4, -0.2) is 24.5 Å². The predicted molar refractivity (Wildman–Crippen MR) is 104 cm³/mol. The zero-order valence-corrected chi connectivity index (χ0v) is 15.4. The van der Waals surface area contributed by atoms with Crippen LogP contribution in [0.3, 0.4) is 0 Å². The van der Waals surface area contributed by atoms with Gasteiger partial charge in [-0.2, -0.15) is 0 Å². The van der Waals surface area contributed by atoms with Crippen LogP contribution in [0.15, 0.2) is 54.6 Å². The lowest BCUT2D eigenvalue weighted by atomic mass is 10.0. The zero-order valence-electron chi connectivity index (χ0n) is 15.4. The summed E-state index contributed by atoms with van der Waals surface area (Å²) in [6.07, 6.45) is 2.02. The molecular formula is C22H24N2O3. The number of hydrogen-bond acceptors (Lipinski definition) is 3. The van der Waals surface area contributed by atoms with E-state index >= 15 is 0 Å². The molecule has 2 unspecified atom stereocenters. The van der Waals surface area contributed by atoms with Crippen molar-refractivity contribution >= 4 is 17.5 Å². The minimum atomic E-state index is -0.536. The van der Waals surface area contributed by atoms with E-state index in [2.05, 4.69) is 17.4 Å². The molecule has 2 amide bonds. The van der Waals surface area contributed by atoms with E-state index in [1.54, 1.807) is 11.8 Å². The summed E-state index contributed by atoms with van der Waals surface area (Å²) in [7, 11) is 0. The number of para-hydroxylation sites is 2. The maximum absolute atomic E-state index is 12.6. The second-order valence-corrected chi connectivity index (χ2v) is 7.26. The van der Waals surface area contributed by atoms with Gasteiger partial charge in [0.1, 0.15) is 5.75 Å². The predicted octanol–water partition coefficient (Wildman–Crippen LogP) is 3.46. The highest BCUT2D eigenvalue weighted by Crippen LogP contribution is 2.41. The first-order valence-electron chi connectivity index (χ1n) is 9.55. The van der Waals surface area contributed by atoms with Crippen LogP contribution in [0.5, 0.6) is 5.75 Å². The number of benzene rings is 2. The Morgan fingerprint density at radius 3 is 2.59 bits per heavy atom. The van der Waals surface area contributed by atoms with Gasteiger partial charge in [0.2, 0.25) is 5.91 Å². The molecule has 5 heteroatoms. The number of carbonyl (C=O) groups is 2. The highest BCUT2D eigenvalue weighted by molar-refractivity contribution is 6.00. The monoisotopic (exact) mass is 364 g/mol. The molecule has 2 aromatic rings. The molecule has 2 aromatic carbocycles. The third-order valence-corrected chi connectivity index (χ3v) is 5.20. The fraction of sp³-hybridized carbons (Fsp3) is 0.364. The third kappa shape index (κ3) is 3.82. The molecule has 5 nitrogen and oxygen atoms in total. The van der Waals surface area contributed by atoms with E-state index < -0.39 is 6.10 Å². The Bertz CT molecular complexity index is 832. The van der Waals surface area contributed by atoms with Gasteiger partial charge in [-0.15, -0.1) is 0 Å². The number of nitrogens with one attached hydrogen (secondary N) is 1. The SMILES string of the molecule is CC1Oc2ccccc2N(CCC(=O)NC(c2ccccc2)C2CC2)C1=O. The fourth-order valence-corrected chi connectivity index (χ4v) is 3.61. The summed E-state index contributed by atoms with van der Waals surface area (Å²) in [5.41, 5.74) is 1.88. The van der Waals surface area contributed by atoms with Gasteiger partial charge in [0.25, 0.3) is 5.91 Å². The molecule has 1 heterocycles. The summed E-state index contributed by atoms with van der Waals surface area (Å²) in [5.74, 6) is 1.07. The second-order valence-electron chi connectivity index (χ2n) is 7.26. The van der Waals surface area contributed by atoms with Gasteiger partial charge in [0, 0.05) is 13.0 Å². The summed E-state index contributed by atoms with van der Waals surface area (Å²) >= 11 is 0. The van der Waals surface area contributed by atoms with E-state index in [-0.39, 0.29) is 24.3 Å². The van der Waals surface area contributed by atoms with Gasteiger partial charge < -0.3 is 15.0 Å². The molecule has 4 rings (SSSR count). The van der Waals surface area contributed by atoms with Gasteiger partial charge in [0.15, 0.2) is 6.10 Å². The fourth-order valence-electron chi connectivity index (χ4n) is 3.61. The Morgan fingerprint density at radius 2 is 1.85 bits per heavy atom. The molecule has 0 saturated heterocycles. The van der Waals surface area contributed by atoms with E-state index in [0.717, 1.165) is 24.1 Å². The van der Waals surface area contributed by atoms with Crippen molar-refractivity contribution in [1.29, 1.82) is 0 Å². The minimum absolute atomic E-state index is 0.0276. The summed E-state index contributed by atoms with van der Waals surface area (Å²) in [5, 5.41) is 3.18. The van der Waals surface area contributed by atoms with Crippen molar-refractivity contribution in [3.63, 3.8) is 0 Å². The Hall–Kier alpha value is -2.82. The van der Waals surface area contributed by atoms with Crippen LogP contribution in [-0.2, 0) is 9.59 Å². The van der Waals surface area contributed by atoms with E-state index in [4.69, 9.17) is 4.74 Å². The average molecular weight is 364 g/mol. The van der Waals surface area contributed by atoms with Crippen LogP contribution in [0.25, 0.3) is 0 Å². The van der Waals surface area contributed by atoms with Crippen LogP contribution in [0.1, 0.15) is 37.8 Å². The third-order valence-electron chi connectivity index (χ3n) is 5.20.